The second kappa shape index (κ2) is 5.63. The first-order valence-electron chi connectivity index (χ1n) is 5.99. The number of aromatic carboxylic acids is 1. The lowest BCUT2D eigenvalue weighted by molar-refractivity contribution is 0.0696. The molecule has 1 N–H and O–H groups in total. The number of carboxylic acids is 1. The summed E-state index contributed by atoms with van der Waals surface area (Å²) in [4.78, 5) is 17.0. The molecular weight excluding hydrogens is 240 g/mol. The molecule has 1 aromatic carbocycles. The molecule has 4 heteroatoms. The van der Waals surface area contributed by atoms with Crippen LogP contribution in [0.25, 0.3) is 11.3 Å². The van der Waals surface area contributed by atoms with Crippen molar-refractivity contribution in [1.29, 1.82) is 0 Å². The minimum absolute atomic E-state index is 0.202. The van der Waals surface area contributed by atoms with Crippen molar-refractivity contribution < 1.29 is 9.90 Å². The van der Waals surface area contributed by atoms with Gasteiger partial charge < -0.3 is 10.0 Å². The molecule has 1 heterocycles. The van der Waals surface area contributed by atoms with Crippen molar-refractivity contribution in [2.75, 3.05) is 14.1 Å². The van der Waals surface area contributed by atoms with Gasteiger partial charge in [-0.25, -0.2) is 4.79 Å². The molecule has 1 aromatic heterocycles. The van der Waals surface area contributed by atoms with Crippen LogP contribution in [0.15, 0.2) is 42.6 Å². The number of hydrogen-bond donors (Lipinski definition) is 1. The van der Waals surface area contributed by atoms with Gasteiger partial charge in [0.05, 0.1) is 11.3 Å². The molecule has 19 heavy (non-hydrogen) atoms. The van der Waals surface area contributed by atoms with E-state index in [0.717, 1.165) is 17.8 Å². The van der Waals surface area contributed by atoms with Crippen LogP contribution < -0.4 is 0 Å². The summed E-state index contributed by atoms with van der Waals surface area (Å²) in [5, 5.41) is 8.82. The van der Waals surface area contributed by atoms with Gasteiger partial charge in [-0.1, -0.05) is 24.3 Å². The lowest BCUT2D eigenvalue weighted by Crippen LogP contribution is -2.10. The van der Waals surface area contributed by atoms with E-state index in [0.29, 0.717) is 0 Å². The Hall–Kier alpha value is -2.20. The smallest absolute Gasteiger partial charge is 0.337 e. The van der Waals surface area contributed by atoms with Gasteiger partial charge in [-0.05, 0) is 31.8 Å². The Morgan fingerprint density at radius 1 is 1.16 bits per heavy atom. The van der Waals surface area contributed by atoms with Gasteiger partial charge in [0.2, 0.25) is 0 Å². The highest BCUT2D eigenvalue weighted by Gasteiger charge is 2.04. The van der Waals surface area contributed by atoms with E-state index in [2.05, 4.69) is 22.0 Å². The molecule has 0 spiro atoms. The standard InChI is InChI=1S/C15H16N2O2/c1-17(2)10-11-3-5-12(6-4-11)14-8-7-13(9-16-14)15(18)19/h3-9H,10H2,1-2H3,(H,18,19). The minimum Gasteiger partial charge on any atom is -0.478 e. The third-order valence-electron chi connectivity index (χ3n) is 2.76. The Kier molecular flexibility index (Phi) is 3.92. The summed E-state index contributed by atoms with van der Waals surface area (Å²) in [5.74, 6) is -0.958. The summed E-state index contributed by atoms with van der Waals surface area (Å²) in [6, 6.07) is 11.4. The maximum absolute atomic E-state index is 10.8. The highest BCUT2D eigenvalue weighted by molar-refractivity contribution is 5.87. The molecular formula is C15H16N2O2. The molecule has 0 atom stereocenters. The fourth-order valence-corrected chi connectivity index (χ4v) is 1.84. The number of hydrogen-bond acceptors (Lipinski definition) is 3. The summed E-state index contributed by atoms with van der Waals surface area (Å²) in [6.07, 6.45) is 1.38. The number of aromatic nitrogens is 1. The predicted molar refractivity (Wildman–Crippen MR) is 74.0 cm³/mol. The Labute approximate surface area is 112 Å². The van der Waals surface area contributed by atoms with E-state index in [-0.39, 0.29) is 5.56 Å². The van der Waals surface area contributed by atoms with Crippen molar-refractivity contribution in [2.45, 2.75) is 6.54 Å². The van der Waals surface area contributed by atoms with Gasteiger partial charge in [0, 0.05) is 18.3 Å². The minimum atomic E-state index is -0.958. The number of carboxylic acid groups (broad SMARTS) is 1. The molecule has 0 bridgehead atoms. The first-order valence-corrected chi connectivity index (χ1v) is 5.99. The highest BCUT2D eigenvalue weighted by atomic mass is 16.4. The third kappa shape index (κ3) is 3.39. The normalized spacial score (nSPS) is 10.7. The fourth-order valence-electron chi connectivity index (χ4n) is 1.84. The predicted octanol–water partition coefficient (Wildman–Crippen LogP) is 2.51. The molecule has 0 aliphatic heterocycles. The molecule has 0 aliphatic carbocycles. The van der Waals surface area contributed by atoms with E-state index in [1.165, 1.54) is 11.8 Å². The van der Waals surface area contributed by atoms with Gasteiger partial charge in [0.15, 0.2) is 0 Å². The van der Waals surface area contributed by atoms with Gasteiger partial charge in [0.25, 0.3) is 0 Å². The largest absolute Gasteiger partial charge is 0.478 e. The topological polar surface area (TPSA) is 53.4 Å². The van der Waals surface area contributed by atoms with Crippen LogP contribution in [0.2, 0.25) is 0 Å². The van der Waals surface area contributed by atoms with E-state index < -0.39 is 5.97 Å². The van der Waals surface area contributed by atoms with Gasteiger partial charge in [-0.2, -0.15) is 0 Å². The molecule has 0 saturated heterocycles. The number of nitrogens with zero attached hydrogens (tertiary/aromatic N) is 2. The average molecular weight is 256 g/mol. The SMILES string of the molecule is CN(C)Cc1ccc(-c2ccc(C(=O)O)cn2)cc1. The Bertz CT molecular complexity index is 560. The van der Waals surface area contributed by atoms with Gasteiger partial charge in [-0.3, -0.25) is 4.98 Å². The second-order valence-electron chi connectivity index (χ2n) is 4.67. The zero-order chi connectivity index (χ0) is 13.8. The fraction of sp³-hybridized carbons (Fsp3) is 0.200. The quantitative estimate of drug-likeness (QED) is 0.913. The van der Waals surface area contributed by atoms with E-state index in [9.17, 15) is 4.79 Å². The summed E-state index contributed by atoms with van der Waals surface area (Å²) in [6.45, 7) is 0.895. The number of pyridine rings is 1. The first kappa shape index (κ1) is 13.2. The van der Waals surface area contributed by atoms with E-state index in [1.807, 2.05) is 26.2 Å². The monoisotopic (exact) mass is 256 g/mol. The van der Waals surface area contributed by atoms with Gasteiger partial charge in [-0.15, -0.1) is 0 Å². The summed E-state index contributed by atoms with van der Waals surface area (Å²) in [7, 11) is 4.06. The Morgan fingerprint density at radius 3 is 2.32 bits per heavy atom. The number of carbonyl (C=O) groups is 1. The third-order valence-corrected chi connectivity index (χ3v) is 2.76. The van der Waals surface area contributed by atoms with Crippen LogP contribution in [0.1, 0.15) is 15.9 Å². The average Bonchev–Trinajstić information content (AvgIpc) is 2.39. The Morgan fingerprint density at radius 2 is 1.84 bits per heavy atom. The van der Waals surface area contributed by atoms with Crippen LogP contribution in [-0.4, -0.2) is 35.1 Å². The Balaban J connectivity index is 2.19. The highest BCUT2D eigenvalue weighted by Crippen LogP contribution is 2.18. The van der Waals surface area contributed by atoms with E-state index >= 15 is 0 Å². The van der Waals surface area contributed by atoms with E-state index in [1.54, 1.807) is 12.1 Å². The van der Waals surface area contributed by atoms with Crippen molar-refractivity contribution in [1.82, 2.24) is 9.88 Å². The van der Waals surface area contributed by atoms with Crippen LogP contribution >= 0.6 is 0 Å². The maximum atomic E-state index is 10.8. The number of benzene rings is 1. The maximum Gasteiger partial charge on any atom is 0.337 e. The van der Waals surface area contributed by atoms with Gasteiger partial charge in [0.1, 0.15) is 0 Å². The van der Waals surface area contributed by atoms with Crippen molar-refractivity contribution in [2.24, 2.45) is 0 Å². The molecule has 2 aromatic rings. The van der Waals surface area contributed by atoms with Crippen molar-refractivity contribution in [3.63, 3.8) is 0 Å². The van der Waals surface area contributed by atoms with E-state index in [4.69, 9.17) is 5.11 Å². The van der Waals surface area contributed by atoms with Crippen LogP contribution in [0.5, 0.6) is 0 Å². The van der Waals surface area contributed by atoms with Crippen molar-refractivity contribution >= 4 is 5.97 Å². The lowest BCUT2D eigenvalue weighted by atomic mass is 10.1. The first-order chi connectivity index (χ1) is 9.06. The molecule has 0 fully saturated rings. The second-order valence-corrected chi connectivity index (χ2v) is 4.67. The summed E-state index contributed by atoms with van der Waals surface area (Å²) < 4.78 is 0. The molecule has 0 aliphatic rings. The lowest BCUT2D eigenvalue weighted by Gasteiger charge is -2.10. The molecule has 0 saturated carbocycles. The van der Waals surface area contributed by atoms with Crippen LogP contribution in [0, 0.1) is 0 Å². The summed E-state index contributed by atoms with van der Waals surface area (Å²) in [5.41, 5.74) is 3.20. The molecule has 0 radical (unpaired) electrons. The molecule has 0 amide bonds. The van der Waals surface area contributed by atoms with Crippen molar-refractivity contribution in [3.05, 3.63) is 53.7 Å². The zero-order valence-electron chi connectivity index (χ0n) is 11.0. The number of rotatable bonds is 4. The molecule has 98 valence electrons. The van der Waals surface area contributed by atoms with Crippen LogP contribution in [0.4, 0.5) is 0 Å². The van der Waals surface area contributed by atoms with Crippen LogP contribution in [-0.2, 0) is 6.54 Å². The molecule has 2 rings (SSSR count). The zero-order valence-corrected chi connectivity index (χ0v) is 11.0. The van der Waals surface area contributed by atoms with Crippen molar-refractivity contribution in [3.8, 4) is 11.3 Å². The molecule has 4 nitrogen and oxygen atoms in total. The molecule has 0 unspecified atom stereocenters. The van der Waals surface area contributed by atoms with Crippen LogP contribution in [0.3, 0.4) is 0 Å². The summed E-state index contributed by atoms with van der Waals surface area (Å²) >= 11 is 0. The van der Waals surface area contributed by atoms with Gasteiger partial charge >= 0.3 is 5.97 Å².